The molecule has 3 fully saturated rings. The number of hydrogen-bond acceptors (Lipinski definition) is 4. The van der Waals surface area contributed by atoms with Crippen LogP contribution in [0.15, 0.2) is 24.3 Å². The second-order valence-corrected chi connectivity index (χ2v) is 7.76. The number of ether oxygens (including phenoxy) is 1. The number of likely N-dealkylation sites (tertiary alicyclic amines) is 1. The second kappa shape index (κ2) is 6.64. The molecule has 7 nitrogen and oxygen atoms in total. The summed E-state index contributed by atoms with van der Waals surface area (Å²) in [6, 6.07) is 6.14. The number of carbonyl (C=O) groups excluding carboxylic acids is 2. The van der Waals surface area contributed by atoms with Gasteiger partial charge >= 0.3 is 5.97 Å². The molecule has 0 aromatic heterocycles. The van der Waals surface area contributed by atoms with Gasteiger partial charge in [-0.25, -0.2) is 4.79 Å². The molecule has 2 amide bonds. The number of carbonyl (C=O) groups is 3. The summed E-state index contributed by atoms with van der Waals surface area (Å²) in [5, 5.41) is 9.63. The maximum Gasteiger partial charge on any atom is 0.328 e. The monoisotopic (exact) mass is 372 g/mol. The van der Waals surface area contributed by atoms with E-state index in [1.54, 1.807) is 18.2 Å². The van der Waals surface area contributed by atoms with Crippen molar-refractivity contribution in [1.82, 2.24) is 9.80 Å². The summed E-state index contributed by atoms with van der Waals surface area (Å²) in [5.41, 5.74) is 0.443. The summed E-state index contributed by atoms with van der Waals surface area (Å²) in [6.45, 7) is 2.84. The van der Waals surface area contributed by atoms with Gasteiger partial charge in [-0.05, 0) is 31.9 Å². The van der Waals surface area contributed by atoms with Crippen molar-refractivity contribution in [2.75, 3.05) is 19.7 Å². The fourth-order valence-corrected chi connectivity index (χ4v) is 4.14. The van der Waals surface area contributed by atoms with E-state index in [2.05, 4.69) is 0 Å². The third kappa shape index (κ3) is 3.20. The Morgan fingerprint density at radius 2 is 1.89 bits per heavy atom. The fourth-order valence-electron chi connectivity index (χ4n) is 4.14. The lowest BCUT2D eigenvalue weighted by molar-refractivity contribution is -0.148. The molecule has 2 saturated heterocycles. The Labute approximate surface area is 157 Å². The first-order valence-electron chi connectivity index (χ1n) is 9.47. The third-order valence-electron chi connectivity index (χ3n) is 5.81. The number of amides is 2. The Morgan fingerprint density at radius 3 is 2.48 bits per heavy atom. The molecule has 2 aliphatic heterocycles. The smallest absolute Gasteiger partial charge is 0.328 e. The third-order valence-corrected chi connectivity index (χ3v) is 5.81. The van der Waals surface area contributed by atoms with Gasteiger partial charge in [-0.15, -0.1) is 0 Å². The first-order valence-corrected chi connectivity index (χ1v) is 9.47. The van der Waals surface area contributed by atoms with Gasteiger partial charge in [0.1, 0.15) is 5.72 Å². The highest BCUT2D eigenvalue weighted by molar-refractivity contribution is 5.97. The maximum atomic E-state index is 13.2. The van der Waals surface area contributed by atoms with Gasteiger partial charge in [0.05, 0.1) is 6.61 Å². The molecule has 144 valence electrons. The lowest BCUT2D eigenvalue weighted by Crippen LogP contribution is -2.58. The highest BCUT2D eigenvalue weighted by atomic mass is 16.5. The van der Waals surface area contributed by atoms with Crippen molar-refractivity contribution in [3.05, 3.63) is 35.4 Å². The second-order valence-electron chi connectivity index (χ2n) is 7.76. The van der Waals surface area contributed by atoms with Crippen LogP contribution in [0.3, 0.4) is 0 Å². The van der Waals surface area contributed by atoms with E-state index in [9.17, 15) is 19.5 Å². The van der Waals surface area contributed by atoms with Gasteiger partial charge in [-0.1, -0.05) is 17.7 Å². The Hall–Kier alpha value is -2.41. The summed E-state index contributed by atoms with van der Waals surface area (Å²) < 4.78 is 5.93. The Balaban J connectivity index is 1.58. The molecule has 1 saturated carbocycles. The Bertz CT molecular complexity index is 780. The SMILES string of the molecule is Cc1cccc(C(=O)N2[C@@H](C(=O)O)COC23CCN(C(=O)C2CC2)CC3)c1. The van der Waals surface area contributed by atoms with E-state index in [-0.39, 0.29) is 24.3 Å². The highest BCUT2D eigenvalue weighted by Gasteiger charge is 2.54. The molecule has 1 aromatic carbocycles. The maximum absolute atomic E-state index is 13.2. The van der Waals surface area contributed by atoms with Gasteiger partial charge in [-0.3, -0.25) is 14.5 Å². The van der Waals surface area contributed by atoms with Gasteiger partial charge < -0.3 is 14.7 Å². The van der Waals surface area contributed by atoms with E-state index in [1.807, 2.05) is 17.9 Å². The average Bonchev–Trinajstić information content (AvgIpc) is 3.44. The summed E-state index contributed by atoms with van der Waals surface area (Å²) in [5.74, 6) is -1.07. The molecule has 1 aromatic rings. The first kappa shape index (κ1) is 18.0. The zero-order valence-corrected chi connectivity index (χ0v) is 15.4. The van der Waals surface area contributed by atoms with Crippen LogP contribution in [0.2, 0.25) is 0 Å². The number of hydrogen-bond donors (Lipinski definition) is 1. The quantitative estimate of drug-likeness (QED) is 0.872. The van der Waals surface area contributed by atoms with Gasteiger partial charge in [0.25, 0.3) is 5.91 Å². The minimum Gasteiger partial charge on any atom is -0.480 e. The van der Waals surface area contributed by atoms with Crippen molar-refractivity contribution in [2.45, 2.75) is 44.4 Å². The zero-order chi connectivity index (χ0) is 19.2. The van der Waals surface area contributed by atoms with E-state index in [4.69, 9.17) is 4.74 Å². The predicted molar refractivity (Wildman–Crippen MR) is 96.0 cm³/mol. The number of piperidine rings is 1. The van der Waals surface area contributed by atoms with Crippen LogP contribution in [0, 0.1) is 12.8 Å². The molecule has 4 rings (SSSR count). The number of aliphatic carboxylic acids is 1. The van der Waals surface area contributed by atoms with Crippen molar-refractivity contribution in [2.24, 2.45) is 5.92 Å². The van der Waals surface area contributed by atoms with Gasteiger partial charge in [0, 0.05) is 37.4 Å². The fraction of sp³-hybridized carbons (Fsp3) is 0.550. The first-order chi connectivity index (χ1) is 12.9. The van der Waals surface area contributed by atoms with Crippen LogP contribution in [0.4, 0.5) is 0 Å². The van der Waals surface area contributed by atoms with E-state index in [0.29, 0.717) is 31.5 Å². The summed E-state index contributed by atoms with van der Waals surface area (Å²) in [7, 11) is 0. The lowest BCUT2D eigenvalue weighted by Gasteiger charge is -2.44. The summed E-state index contributed by atoms with van der Waals surface area (Å²) in [4.78, 5) is 40.6. The molecule has 1 N–H and O–H groups in total. The molecular formula is C20H24N2O5. The number of nitrogens with zero attached hydrogens (tertiary/aromatic N) is 2. The number of rotatable bonds is 3. The molecular weight excluding hydrogens is 348 g/mol. The predicted octanol–water partition coefficient (Wildman–Crippen LogP) is 1.65. The molecule has 2 heterocycles. The van der Waals surface area contributed by atoms with Crippen LogP contribution in [0.5, 0.6) is 0 Å². The van der Waals surface area contributed by atoms with Crippen LogP contribution in [-0.4, -0.2) is 64.2 Å². The largest absolute Gasteiger partial charge is 0.480 e. The van der Waals surface area contributed by atoms with E-state index in [1.165, 1.54) is 4.90 Å². The van der Waals surface area contributed by atoms with Crippen LogP contribution in [0.25, 0.3) is 0 Å². The molecule has 0 bridgehead atoms. The molecule has 7 heteroatoms. The summed E-state index contributed by atoms with van der Waals surface area (Å²) >= 11 is 0. The van der Waals surface area contributed by atoms with Crippen molar-refractivity contribution in [3.63, 3.8) is 0 Å². The normalized spacial score (nSPS) is 24.3. The van der Waals surface area contributed by atoms with Crippen molar-refractivity contribution < 1.29 is 24.2 Å². The zero-order valence-electron chi connectivity index (χ0n) is 15.4. The van der Waals surface area contributed by atoms with Gasteiger partial charge in [-0.2, -0.15) is 0 Å². The number of carboxylic acids is 1. The van der Waals surface area contributed by atoms with E-state index < -0.39 is 17.7 Å². The topological polar surface area (TPSA) is 87.2 Å². The van der Waals surface area contributed by atoms with Crippen LogP contribution in [0.1, 0.15) is 41.6 Å². The number of aryl methyl sites for hydroxylation is 1. The van der Waals surface area contributed by atoms with Crippen molar-refractivity contribution in [1.29, 1.82) is 0 Å². The molecule has 0 radical (unpaired) electrons. The van der Waals surface area contributed by atoms with Crippen molar-refractivity contribution >= 4 is 17.8 Å². The lowest BCUT2D eigenvalue weighted by atomic mass is 9.96. The molecule has 27 heavy (non-hydrogen) atoms. The van der Waals surface area contributed by atoms with Crippen molar-refractivity contribution in [3.8, 4) is 0 Å². The van der Waals surface area contributed by atoms with Crippen LogP contribution < -0.4 is 0 Å². The highest BCUT2D eigenvalue weighted by Crippen LogP contribution is 2.40. The molecule has 0 unspecified atom stereocenters. The van der Waals surface area contributed by atoms with Gasteiger partial charge in [0.15, 0.2) is 6.04 Å². The van der Waals surface area contributed by atoms with E-state index >= 15 is 0 Å². The Morgan fingerprint density at radius 1 is 1.19 bits per heavy atom. The molecule has 3 aliphatic rings. The van der Waals surface area contributed by atoms with Crippen LogP contribution >= 0.6 is 0 Å². The van der Waals surface area contributed by atoms with Gasteiger partial charge in [0.2, 0.25) is 5.91 Å². The minimum atomic E-state index is -1.07. The average molecular weight is 372 g/mol. The number of carboxylic acid groups (broad SMARTS) is 1. The molecule has 1 spiro atoms. The van der Waals surface area contributed by atoms with Crippen LogP contribution in [-0.2, 0) is 14.3 Å². The Kier molecular flexibility index (Phi) is 4.42. The molecule has 1 aliphatic carbocycles. The standard InChI is InChI=1S/C20H24N2O5/c1-13-3-2-4-15(11-13)18(24)22-16(19(25)26)12-27-20(22)7-9-21(10-8-20)17(23)14-5-6-14/h2-4,11,14,16H,5-10,12H2,1H3,(H,25,26)/t16-/m1/s1. The molecule has 1 atom stereocenters. The minimum absolute atomic E-state index is 0.0243. The van der Waals surface area contributed by atoms with E-state index in [0.717, 1.165) is 18.4 Å². The summed E-state index contributed by atoms with van der Waals surface area (Å²) in [6.07, 6.45) is 2.78. The number of benzene rings is 1.